The van der Waals surface area contributed by atoms with E-state index in [-0.39, 0.29) is 18.4 Å². The summed E-state index contributed by atoms with van der Waals surface area (Å²) in [6.07, 6.45) is 0. The van der Waals surface area contributed by atoms with Gasteiger partial charge in [0.2, 0.25) is 0 Å². The molecule has 1 atom stereocenters. The summed E-state index contributed by atoms with van der Waals surface area (Å²) in [5.41, 5.74) is 8.36. The SMILES string of the molecule is Cl.NC(c1ccc(Cl)cc1)c1ccc(I)cc1. The van der Waals surface area contributed by atoms with Crippen molar-refractivity contribution in [2.24, 2.45) is 5.73 Å². The van der Waals surface area contributed by atoms with E-state index in [0.29, 0.717) is 0 Å². The molecule has 2 N–H and O–H groups in total. The van der Waals surface area contributed by atoms with Crippen molar-refractivity contribution in [1.82, 2.24) is 0 Å². The first-order valence-corrected chi connectivity index (χ1v) is 6.39. The van der Waals surface area contributed by atoms with Crippen molar-refractivity contribution in [3.8, 4) is 0 Å². The van der Waals surface area contributed by atoms with Crippen molar-refractivity contribution in [2.45, 2.75) is 6.04 Å². The third kappa shape index (κ3) is 3.85. The molecule has 0 spiro atoms. The Hall–Kier alpha value is -0.290. The first-order chi connectivity index (χ1) is 7.66. The summed E-state index contributed by atoms with van der Waals surface area (Å²) in [5, 5.41) is 0.735. The summed E-state index contributed by atoms with van der Waals surface area (Å²) >= 11 is 8.12. The molecular formula is C13H12Cl2IN. The van der Waals surface area contributed by atoms with Gasteiger partial charge in [-0.3, -0.25) is 0 Å². The highest BCUT2D eigenvalue weighted by Crippen LogP contribution is 2.21. The zero-order chi connectivity index (χ0) is 11.5. The van der Waals surface area contributed by atoms with E-state index in [1.807, 2.05) is 24.3 Å². The van der Waals surface area contributed by atoms with Gasteiger partial charge in [-0.25, -0.2) is 0 Å². The van der Waals surface area contributed by atoms with Crippen LogP contribution in [0.15, 0.2) is 48.5 Å². The molecular weight excluding hydrogens is 368 g/mol. The lowest BCUT2D eigenvalue weighted by Gasteiger charge is -2.12. The molecule has 0 fully saturated rings. The van der Waals surface area contributed by atoms with E-state index in [4.69, 9.17) is 17.3 Å². The molecule has 1 unspecified atom stereocenters. The van der Waals surface area contributed by atoms with E-state index in [1.54, 1.807) is 0 Å². The van der Waals surface area contributed by atoms with E-state index in [1.165, 1.54) is 3.57 Å². The van der Waals surface area contributed by atoms with E-state index >= 15 is 0 Å². The van der Waals surface area contributed by atoms with Gasteiger partial charge in [0.15, 0.2) is 0 Å². The minimum atomic E-state index is -0.0886. The minimum absolute atomic E-state index is 0. The second-order valence-electron chi connectivity index (χ2n) is 3.58. The Bertz CT molecular complexity index is 422. The maximum absolute atomic E-state index is 6.17. The predicted octanol–water partition coefficient (Wildman–Crippen LogP) is 4.41. The third-order valence-electron chi connectivity index (χ3n) is 2.46. The van der Waals surface area contributed by atoms with Crippen LogP contribution < -0.4 is 5.73 Å². The Morgan fingerprint density at radius 1 is 0.882 bits per heavy atom. The molecule has 0 aromatic heterocycles. The fourth-order valence-corrected chi connectivity index (χ4v) is 2.02. The molecule has 2 aromatic rings. The number of hydrogen-bond donors (Lipinski definition) is 1. The van der Waals surface area contributed by atoms with E-state index in [2.05, 4.69) is 46.9 Å². The molecule has 90 valence electrons. The van der Waals surface area contributed by atoms with Crippen molar-refractivity contribution in [3.63, 3.8) is 0 Å². The topological polar surface area (TPSA) is 26.0 Å². The van der Waals surface area contributed by atoms with Crippen molar-refractivity contribution < 1.29 is 0 Å². The van der Waals surface area contributed by atoms with Crippen LogP contribution >= 0.6 is 46.6 Å². The summed E-state index contributed by atoms with van der Waals surface area (Å²) in [6, 6.07) is 15.8. The summed E-state index contributed by atoms with van der Waals surface area (Å²) in [4.78, 5) is 0. The molecule has 0 amide bonds. The molecule has 0 aliphatic heterocycles. The summed E-state index contributed by atoms with van der Waals surface area (Å²) in [6.45, 7) is 0. The van der Waals surface area contributed by atoms with Gasteiger partial charge in [-0.1, -0.05) is 35.9 Å². The first-order valence-electron chi connectivity index (χ1n) is 4.93. The highest BCUT2D eigenvalue weighted by atomic mass is 127. The second kappa shape index (κ2) is 6.59. The molecule has 2 rings (SSSR count). The van der Waals surface area contributed by atoms with Crippen LogP contribution in [0.1, 0.15) is 17.2 Å². The molecule has 17 heavy (non-hydrogen) atoms. The Kier molecular flexibility index (Phi) is 5.73. The fraction of sp³-hybridized carbons (Fsp3) is 0.0769. The Balaban J connectivity index is 0.00000144. The van der Waals surface area contributed by atoms with E-state index < -0.39 is 0 Å². The van der Waals surface area contributed by atoms with Crippen molar-refractivity contribution in [3.05, 3.63) is 68.3 Å². The lowest BCUT2D eigenvalue weighted by atomic mass is 10.00. The Morgan fingerprint density at radius 2 is 1.29 bits per heavy atom. The minimum Gasteiger partial charge on any atom is -0.320 e. The Labute approximate surface area is 126 Å². The molecule has 4 heteroatoms. The first kappa shape index (κ1) is 14.8. The third-order valence-corrected chi connectivity index (χ3v) is 3.43. The zero-order valence-corrected chi connectivity index (χ0v) is 12.7. The van der Waals surface area contributed by atoms with E-state index in [9.17, 15) is 0 Å². The number of rotatable bonds is 2. The average Bonchev–Trinajstić information content (AvgIpc) is 2.30. The van der Waals surface area contributed by atoms with Crippen LogP contribution in [0.3, 0.4) is 0 Å². The van der Waals surface area contributed by atoms with Gasteiger partial charge in [-0.05, 0) is 58.0 Å². The van der Waals surface area contributed by atoms with Crippen LogP contribution in [-0.4, -0.2) is 0 Å². The maximum Gasteiger partial charge on any atom is 0.0551 e. The molecule has 0 aliphatic carbocycles. The highest BCUT2D eigenvalue weighted by Gasteiger charge is 2.07. The molecule has 0 aliphatic rings. The van der Waals surface area contributed by atoms with Crippen molar-refractivity contribution >= 4 is 46.6 Å². The number of hydrogen-bond acceptors (Lipinski definition) is 1. The van der Waals surface area contributed by atoms with Gasteiger partial charge < -0.3 is 5.73 Å². The molecule has 0 radical (unpaired) electrons. The largest absolute Gasteiger partial charge is 0.320 e. The lowest BCUT2D eigenvalue weighted by molar-refractivity contribution is 0.871. The van der Waals surface area contributed by atoms with E-state index in [0.717, 1.165) is 16.1 Å². The van der Waals surface area contributed by atoms with Gasteiger partial charge in [-0.2, -0.15) is 0 Å². The van der Waals surface area contributed by atoms with Gasteiger partial charge >= 0.3 is 0 Å². The standard InChI is InChI=1S/C13H11ClIN.ClH/c14-11-5-1-9(2-6-11)13(16)10-3-7-12(15)8-4-10;/h1-8,13H,16H2;1H. The molecule has 0 saturated carbocycles. The lowest BCUT2D eigenvalue weighted by Crippen LogP contribution is -2.11. The van der Waals surface area contributed by atoms with Gasteiger partial charge in [0, 0.05) is 8.59 Å². The zero-order valence-electron chi connectivity index (χ0n) is 8.94. The second-order valence-corrected chi connectivity index (χ2v) is 5.26. The summed E-state index contributed by atoms with van der Waals surface area (Å²) in [5.74, 6) is 0. The molecule has 1 nitrogen and oxygen atoms in total. The van der Waals surface area contributed by atoms with Crippen LogP contribution in [0.4, 0.5) is 0 Å². The quantitative estimate of drug-likeness (QED) is 0.768. The number of benzene rings is 2. The van der Waals surface area contributed by atoms with Crippen LogP contribution in [-0.2, 0) is 0 Å². The van der Waals surface area contributed by atoms with Gasteiger partial charge in [-0.15, -0.1) is 12.4 Å². The average molecular weight is 380 g/mol. The molecule has 0 saturated heterocycles. The van der Waals surface area contributed by atoms with Crippen LogP contribution in [0.5, 0.6) is 0 Å². The molecule has 0 bridgehead atoms. The van der Waals surface area contributed by atoms with Gasteiger partial charge in [0.05, 0.1) is 6.04 Å². The van der Waals surface area contributed by atoms with Crippen LogP contribution in [0.25, 0.3) is 0 Å². The van der Waals surface area contributed by atoms with Gasteiger partial charge in [0.25, 0.3) is 0 Å². The number of halogens is 3. The smallest absolute Gasteiger partial charge is 0.0551 e. The van der Waals surface area contributed by atoms with Crippen molar-refractivity contribution in [1.29, 1.82) is 0 Å². The molecule has 0 heterocycles. The predicted molar refractivity (Wildman–Crippen MR) is 83.9 cm³/mol. The number of nitrogens with two attached hydrogens (primary N) is 1. The summed E-state index contributed by atoms with van der Waals surface area (Å²) < 4.78 is 1.21. The maximum atomic E-state index is 6.17. The summed E-state index contributed by atoms with van der Waals surface area (Å²) in [7, 11) is 0. The monoisotopic (exact) mass is 379 g/mol. The normalized spacial score (nSPS) is 11.7. The van der Waals surface area contributed by atoms with Gasteiger partial charge in [0.1, 0.15) is 0 Å². The Morgan fingerprint density at radius 3 is 1.76 bits per heavy atom. The molecule has 2 aromatic carbocycles. The highest BCUT2D eigenvalue weighted by molar-refractivity contribution is 14.1. The van der Waals surface area contributed by atoms with Crippen LogP contribution in [0.2, 0.25) is 5.02 Å². The van der Waals surface area contributed by atoms with Crippen molar-refractivity contribution in [2.75, 3.05) is 0 Å². The fourth-order valence-electron chi connectivity index (χ4n) is 1.53. The van der Waals surface area contributed by atoms with Crippen LogP contribution in [0, 0.1) is 3.57 Å².